The van der Waals surface area contributed by atoms with Crippen LogP contribution in [0.15, 0.2) is 66.2 Å². The Labute approximate surface area is 228 Å². The zero-order valence-corrected chi connectivity index (χ0v) is 23.0. The Kier molecular flexibility index (Phi) is 8.14. The number of rotatable bonds is 9. The van der Waals surface area contributed by atoms with Gasteiger partial charge in [-0.05, 0) is 93.4 Å². The molecule has 1 amide bonds. The lowest BCUT2D eigenvalue weighted by Gasteiger charge is -2.26. The highest BCUT2D eigenvalue weighted by Gasteiger charge is 2.47. The first-order valence-electron chi connectivity index (χ1n) is 12.7. The van der Waals surface area contributed by atoms with Crippen LogP contribution in [0.3, 0.4) is 0 Å². The molecule has 3 aromatic carbocycles. The van der Waals surface area contributed by atoms with Gasteiger partial charge in [-0.25, -0.2) is 0 Å². The van der Waals surface area contributed by atoms with E-state index in [0.717, 1.165) is 5.56 Å². The van der Waals surface area contributed by atoms with Gasteiger partial charge in [-0.15, -0.1) is 0 Å². The van der Waals surface area contributed by atoms with Crippen LogP contribution in [0.25, 0.3) is 5.76 Å². The van der Waals surface area contributed by atoms with E-state index in [1.165, 1.54) is 19.1 Å². The summed E-state index contributed by atoms with van der Waals surface area (Å²) >= 11 is 0. The van der Waals surface area contributed by atoms with Gasteiger partial charge in [0.1, 0.15) is 17.3 Å². The third-order valence-electron chi connectivity index (χ3n) is 6.40. The predicted octanol–water partition coefficient (Wildman–Crippen LogP) is 5.82. The fraction of sp³-hybridized carbons (Fsp3) is 0.290. The second-order valence-corrected chi connectivity index (χ2v) is 9.36. The lowest BCUT2D eigenvalue weighted by molar-refractivity contribution is -0.132. The molecule has 1 aliphatic rings. The average molecular weight is 532 g/mol. The minimum atomic E-state index is -0.922. The maximum atomic E-state index is 13.5. The molecule has 204 valence electrons. The smallest absolute Gasteiger partial charge is 0.300 e. The van der Waals surface area contributed by atoms with Gasteiger partial charge in [-0.3, -0.25) is 14.5 Å². The molecule has 8 nitrogen and oxygen atoms in total. The maximum Gasteiger partial charge on any atom is 0.300 e. The fourth-order valence-corrected chi connectivity index (χ4v) is 4.65. The molecule has 1 aliphatic heterocycles. The van der Waals surface area contributed by atoms with E-state index in [0.29, 0.717) is 46.4 Å². The van der Waals surface area contributed by atoms with Crippen LogP contribution in [0.5, 0.6) is 23.0 Å². The first-order chi connectivity index (χ1) is 18.7. The van der Waals surface area contributed by atoms with E-state index in [1.54, 1.807) is 60.7 Å². The van der Waals surface area contributed by atoms with Gasteiger partial charge in [0.15, 0.2) is 11.5 Å². The molecule has 8 heteroatoms. The molecule has 1 fully saturated rings. The van der Waals surface area contributed by atoms with Crippen molar-refractivity contribution in [3.63, 3.8) is 0 Å². The van der Waals surface area contributed by atoms with Crippen LogP contribution in [0.4, 0.5) is 5.69 Å². The Morgan fingerprint density at radius 1 is 0.923 bits per heavy atom. The number of carbonyl (C=O) groups is 2. The molecule has 1 saturated heterocycles. The number of amides is 1. The summed E-state index contributed by atoms with van der Waals surface area (Å²) < 4.78 is 22.2. The van der Waals surface area contributed by atoms with E-state index in [4.69, 9.17) is 18.9 Å². The molecular formula is C31H33NO7. The summed E-state index contributed by atoms with van der Waals surface area (Å²) in [6.45, 7) is 8.10. The van der Waals surface area contributed by atoms with E-state index >= 15 is 0 Å². The number of Topliss-reactive ketones (excluding diaryl/α,β-unsaturated/α-hetero) is 1. The van der Waals surface area contributed by atoms with Gasteiger partial charge < -0.3 is 24.1 Å². The molecular weight excluding hydrogens is 498 g/mol. The Hall–Kier alpha value is -4.46. The first-order valence-corrected chi connectivity index (χ1v) is 12.7. The zero-order chi connectivity index (χ0) is 28.3. The van der Waals surface area contributed by atoms with Crippen molar-refractivity contribution in [3.8, 4) is 23.0 Å². The molecule has 0 saturated carbocycles. The standard InChI is InChI=1S/C31H33NO7/c1-7-38-23-12-10-22(11-13-23)32-28(20-8-15-25(36-5)26(17-20)37-6)27(30(34)31(32)35)29(33)21-9-14-24(19(4)16-21)39-18(2)3/h8-18,28,33H,7H2,1-6H3/b29-27-. The molecule has 0 aromatic heterocycles. The predicted molar refractivity (Wildman–Crippen MR) is 149 cm³/mol. The van der Waals surface area contributed by atoms with Crippen molar-refractivity contribution in [2.75, 3.05) is 25.7 Å². The molecule has 0 aliphatic carbocycles. The van der Waals surface area contributed by atoms with Crippen LogP contribution in [-0.4, -0.2) is 43.7 Å². The minimum absolute atomic E-state index is 0.0207. The normalized spacial score (nSPS) is 16.5. The summed E-state index contributed by atoms with van der Waals surface area (Å²) in [6.07, 6.45) is -0.0207. The molecule has 39 heavy (non-hydrogen) atoms. The monoisotopic (exact) mass is 531 g/mol. The summed E-state index contributed by atoms with van der Waals surface area (Å²) in [5.74, 6) is 0.417. The summed E-state index contributed by atoms with van der Waals surface area (Å²) in [5, 5.41) is 11.5. The van der Waals surface area contributed by atoms with Crippen molar-refractivity contribution in [1.82, 2.24) is 0 Å². The molecule has 1 heterocycles. The van der Waals surface area contributed by atoms with Gasteiger partial charge in [0.05, 0.1) is 38.5 Å². The lowest BCUT2D eigenvalue weighted by Crippen LogP contribution is -2.29. The number of benzene rings is 3. The van der Waals surface area contributed by atoms with Crippen LogP contribution in [0.1, 0.15) is 43.5 Å². The van der Waals surface area contributed by atoms with Crippen molar-refractivity contribution in [1.29, 1.82) is 0 Å². The van der Waals surface area contributed by atoms with E-state index in [-0.39, 0.29) is 17.4 Å². The van der Waals surface area contributed by atoms with Gasteiger partial charge in [0.25, 0.3) is 11.7 Å². The van der Waals surface area contributed by atoms with Crippen molar-refractivity contribution < 1.29 is 33.6 Å². The maximum absolute atomic E-state index is 13.5. The highest BCUT2D eigenvalue weighted by atomic mass is 16.5. The molecule has 0 spiro atoms. The second-order valence-electron chi connectivity index (χ2n) is 9.36. The van der Waals surface area contributed by atoms with Crippen LogP contribution >= 0.6 is 0 Å². The highest BCUT2D eigenvalue weighted by Crippen LogP contribution is 2.44. The molecule has 1 unspecified atom stereocenters. The third-order valence-corrected chi connectivity index (χ3v) is 6.40. The largest absolute Gasteiger partial charge is 0.507 e. The van der Waals surface area contributed by atoms with E-state index in [1.807, 2.05) is 27.7 Å². The number of nitrogens with zero attached hydrogens (tertiary/aromatic N) is 1. The summed E-state index contributed by atoms with van der Waals surface area (Å²) in [4.78, 5) is 28.4. The van der Waals surface area contributed by atoms with E-state index in [2.05, 4.69) is 0 Å². The number of hydrogen-bond donors (Lipinski definition) is 1. The van der Waals surface area contributed by atoms with Gasteiger partial charge in [-0.1, -0.05) is 6.07 Å². The van der Waals surface area contributed by atoms with E-state index in [9.17, 15) is 14.7 Å². The molecule has 4 rings (SSSR count). The molecule has 1 N–H and O–H groups in total. The topological polar surface area (TPSA) is 94.5 Å². The summed E-state index contributed by atoms with van der Waals surface area (Å²) in [6, 6.07) is 16.3. The quantitative estimate of drug-likeness (QED) is 0.211. The number of hydrogen-bond acceptors (Lipinski definition) is 7. The summed E-state index contributed by atoms with van der Waals surface area (Å²) in [5.41, 5.74) is 2.21. The molecule has 0 bridgehead atoms. The molecule has 3 aromatic rings. The molecule has 1 atom stereocenters. The highest BCUT2D eigenvalue weighted by molar-refractivity contribution is 6.51. The number of aliphatic hydroxyl groups excluding tert-OH is 1. The Balaban J connectivity index is 1.90. The Morgan fingerprint density at radius 2 is 1.59 bits per heavy atom. The van der Waals surface area contributed by atoms with Gasteiger partial charge in [-0.2, -0.15) is 0 Å². The first kappa shape index (κ1) is 27.6. The minimum Gasteiger partial charge on any atom is -0.507 e. The zero-order valence-electron chi connectivity index (χ0n) is 23.0. The van der Waals surface area contributed by atoms with Gasteiger partial charge in [0, 0.05) is 11.3 Å². The van der Waals surface area contributed by atoms with Gasteiger partial charge >= 0.3 is 0 Å². The van der Waals surface area contributed by atoms with Crippen LogP contribution in [0, 0.1) is 6.92 Å². The Morgan fingerprint density at radius 3 is 2.18 bits per heavy atom. The SMILES string of the molecule is CCOc1ccc(N2C(=O)C(=O)/C(=C(\O)c3ccc(OC(C)C)c(C)c3)C2c2ccc(OC)c(OC)c2)cc1. The second kappa shape index (κ2) is 11.5. The fourth-order valence-electron chi connectivity index (χ4n) is 4.65. The lowest BCUT2D eigenvalue weighted by atomic mass is 9.94. The van der Waals surface area contributed by atoms with E-state index < -0.39 is 17.7 Å². The number of carbonyl (C=O) groups excluding carboxylic acids is 2. The van der Waals surface area contributed by atoms with Gasteiger partial charge in [0.2, 0.25) is 0 Å². The number of ketones is 1. The molecule has 0 radical (unpaired) electrons. The average Bonchev–Trinajstić information content (AvgIpc) is 3.19. The van der Waals surface area contributed by atoms with Crippen LogP contribution < -0.4 is 23.8 Å². The van der Waals surface area contributed by atoms with Crippen molar-refractivity contribution in [2.45, 2.75) is 39.8 Å². The number of aryl methyl sites for hydroxylation is 1. The Bertz CT molecular complexity index is 1410. The number of methoxy groups -OCH3 is 2. The number of ether oxygens (including phenoxy) is 4. The van der Waals surface area contributed by atoms with Crippen molar-refractivity contribution in [3.05, 3.63) is 82.9 Å². The third kappa shape index (κ3) is 5.41. The number of aliphatic hydroxyl groups is 1. The number of anilines is 1. The van der Waals surface area contributed by atoms with Crippen molar-refractivity contribution >= 4 is 23.1 Å². The van der Waals surface area contributed by atoms with Crippen LogP contribution in [-0.2, 0) is 9.59 Å². The summed E-state index contributed by atoms with van der Waals surface area (Å²) in [7, 11) is 3.03. The van der Waals surface area contributed by atoms with Crippen molar-refractivity contribution in [2.24, 2.45) is 0 Å². The van der Waals surface area contributed by atoms with Crippen LogP contribution in [0.2, 0.25) is 0 Å².